The number of amides is 1. The van der Waals surface area contributed by atoms with Crippen molar-refractivity contribution < 1.29 is 4.79 Å². The van der Waals surface area contributed by atoms with Crippen LogP contribution in [-0.2, 0) is 10.2 Å². The molecule has 1 saturated carbocycles. The van der Waals surface area contributed by atoms with E-state index < -0.39 is 0 Å². The van der Waals surface area contributed by atoms with Crippen LogP contribution < -0.4 is 4.90 Å². The summed E-state index contributed by atoms with van der Waals surface area (Å²) in [6, 6.07) is 9.33. The zero-order valence-corrected chi connectivity index (χ0v) is 15.7. The van der Waals surface area contributed by atoms with E-state index in [0.29, 0.717) is 17.7 Å². The molecule has 0 radical (unpaired) electrons. The predicted octanol–water partition coefficient (Wildman–Crippen LogP) is 2.73. The molecular formula is C21H31N3O. The normalized spacial score (nSPS) is 29.0. The lowest BCUT2D eigenvalue weighted by Gasteiger charge is -2.36. The van der Waals surface area contributed by atoms with Gasteiger partial charge in [-0.25, -0.2) is 0 Å². The molecule has 1 aromatic carbocycles. The second-order valence-corrected chi connectivity index (χ2v) is 8.05. The second kappa shape index (κ2) is 6.64. The highest BCUT2D eigenvalue weighted by atomic mass is 16.2. The summed E-state index contributed by atoms with van der Waals surface area (Å²) in [6.45, 7) is 11.7. The first-order chi connectivity index (χ1) is 12.2. The first-order valence-electron chi connectivity index (χ1n) is 10.0. The van der Waals surface area contributed by atoms with Crippen LogP contribution in [0.4, 0.5) is 5.69 Å². The number of carbonyl (C=O) groups excluding carboxylic acids is 1. The Morgan fingerprint density at radius 2 is 1.84 bits per heavy atom. The van der Waals surface area contributed by atoms with Gasteiger partial charge in [-0.05, 0) is 43.0 Å². The Morgan fingerprint density at radius 3 is 2.44 bits per heavy atom. The van der Waals surface area contributed by atoms with Gasteiger partial charge >= 0.3 is 0 Å². The molecule has 0 bridgehead atoms. The number of likely N-dealkylation sites (tertiary alicyclic amines) is 1. The summed E-state index contributed by atoms with van der Waals surface area (Å²) < 4.78 is 0. The quantitative estimate of drug-likeness (QED) is 0.824. The van der Waals surface area contributed by atoms with Gasteiger partial charge < -0.3 is 14.7 Å². The molecule has 2 unspecified atom stereocenters. The molecule has 0 aromatic heterocycles. The van der Waals surface area contributed by atoms with E-state index in [0.717, 1.165) is 38.5 Å². The molecule has 2 atom stereocenters. The monoisotopic (exact) mass is 341 g/mol. The van der Waals surface area contributed by atoms with Crippen LogP contribution in [0.2, 0.25) is 0 Å². The second-order valence-electron chi connectivity index (χ2n) is 8.05. The predicted molar refractivity (Wildman–Crippen MR) is 102 cm³/mol. The highest BCUT2D eigenvalue weighted by Crippen LogP contribution is 2.58. The average molecular weight is 341 g/mol. The molecule has 4 heteroatoms. The fraction of sp³-hybridized carbons (Fsp3) is 0.667. The molecule has 25 heavy (non-hydrogen) atoms. The first-order valence-corrected chi connectivity index (χ1v) is 10.0. The zero-order chi connectivity index (χ0) is 17.4. The highest BCUT2D eigenvalue weighted by Gasteiger charge is 2.60. The van der Waals surface area contributed by atoms with Gasteiger partial charge in [-0.1, -0.05) is 26.0 Å². The topological polar surface area (TPSA) is 26.8 Å². The molecule has 3 fully saturated rings. The van der Waals surface area contributed by atoms with E-state index in [2.05, 4.69) is 47.9 Å². The Bertz CT molecular complexity index is 621. The van der Waals surface area contributed by atoms with Crippen molar-refractivity contribution in [3.8, 4) is 0 Å². The molecule has 136 valence electrons. The molecule has 1 aromatic rings. The van der Waals surface area contributed by atoms with Crippen LogP contribution in [-0.4, -0.2) is 61.5 Å². The number of piperidine rings is 1. The minimum Gasteiger partial charge on any atom is -0.368 e. The van der Waals surface area contributed by atoms with E-state index in [1.807, 2.05) is 4.90 Å². The number of nitrogens with zero attached hydrogens (tertiary/aromatic N) is 3. The van der Waals surface area contributed by atoms with Crippen LogP contribution in [0.1, 0.15) is 38.7 Å². The number of fused-ring (bicyclic) bond motifs is 1. The van der Waals surface area contributed by atoms with Crippen LogP contribution in [0.5, 0.6) is 0 Å². The Balaban J connectivity index is 1.37. The summed E-state index contributed by atoms with van der Waals surface area (Å²) in [5, 5.41) is 0. The van der Waals surface area contributed by atoms with Gasteiger partial charge in [-0.2, -0.15) is 0 Å². The fourth-order valence-electron chi connectivity index (χ4n) is 4.86. The van der Waals surface area contributed by atoms with Crippen molar-refractivity contribution in [2.24, 2.45) is 5.92 Å². The zero-order valence-electron chi connectivity index (χ0n) is 15.7. The summed E-state index contributed by atoms with van der Waals surface area (Å²) >= 11 is 0. The van der Waals surface area contributed by atoms with Gasteiger partial charge in [0.25, 0.3) is 0 Å². The van der Waals surface area contributed by atoms with Gasteiger partial charge in [-0.15, -0.1) is 0 Å². The Hall–Kier alpha value is -1.55. The summed E-state index contributed by atoms with van der Waals surface area (Å²) in [6.07, 6.45) is 3.01. The molecule has 2 heterocycles. The smallest absolute Gasteiger partial charge is 0.222 e. The van der Waals surface area contributed by atoms with Gasteiger partial charge in [0.2, 0.25) is 5.91 Å². The summed E-state index contributed by atoms with van der Waals surface area (Å²) in [5.41, 5.74) is 3.30. The summed E-state index contributed by atoms with van der Waals surface area (Å²) in [7, 11) is 0. The van der Waals surface area contributed by atoms with Crippen molar-refractivity contribution in [1.29, 1.82) is 0 Å². The van der Waals surface area contributed by atoms with Crippen molar-refractivity contribution in [1.82, 2.24) is 9.80 Å². The standard InChI is InChI=1S/C21H31N3O/c1-3-5-20(25)24-12-10-23(11-13-24)19-8-6-17(7-9-19)21-14-18(21)15-22(4-2)16-21/h6-9,18H,3-5,10-16H2,1-2H3. The maximum absolute atomic E-state index is 12.0. The maximum atomic E-state index is 12.0. The lowest BCUT2D eigenvalue weighted by Crippen LogP contribution is -2.48. The lowest BCUT2D eigenvalue weighted by atomic mass is 9.94. The number of likely N-dealkylation sites (N-methyl/N-ethyl adjacent to an activating group) is 1. The van der Waals surface area contributed by atoms with Gasteiger partial charge in [-0.3, -0.25) is 4.79 Å². The largest absolute Gasteiger partial charge is 0.368 e. The number of rotatable bonds is 5. The van der Waals surface area contributed by atoms with Crippen LogP contribution >= 0.6 is 0 Å². The third-order valence-corrected chi connectivity index (χ3v) is 6.57. The number of carbonyl (C=O) groups is 1. The lowest BCUT2D eigenvalue weighted by molar-refractivity contribution is -0.131. The maximum Gasteiger partial charge on any atom is 0.222 e. The van der Waals surface area contributed by atoms with E-state index in [1.165, 1.54) is 37.3 Å². The highest BCUT2D eigenvalue weighted by molar-refractivity contribution is 5.76. The molecule has 2 saturated heterocycles. The first kappa shape index (κ1) is 16.9. The molecule has 4 nitrogen and oxygen atoms in total. The molecule has 3 aliphatic rings. The van der Waals surface area contributed by atoms with Crippen LogP contribution in [0, 0.1) is 5.92 Å². The van der Waals surface area contributed by atoms with Gasteiger partial charge in [0.1, 0.15) is 0 Å². The Kier molecular flexibility index (Phi) is 4.48. The van der Waals surface area contributed by atoms with E-state index in [4.69, 9.17) is 0 Å². The van der Waals surface area contributed by atoms with Crippen LogP contribution in [0.15, 0.2) is 24.3 Å². The number of piperazine rings is 1. The van der Waals surface area contributed by atoms with E-state index in [9.17, 15) is 4.79 Å². The fourth-order valence-corrected chi connectivity index (χ4v) is 4.86. The SMILES string of the molecule is CCCC(=O)N1CCN(c2ccc(C34CC3CN(CC)C4)cc2)CC1. The van der Waals surface area contributed by atoms with Gasteiger partial charge in [0, 0.05) is 56.8 Å². The molecule has 0 spiro atoms. The number of benzene rings is 1. The third kappa shape index (κ3) is 3.05. The molecule has 1 amide bonds. The van der Waals surface area contributed by atoms with Crippen molar-refractivity contribution in [3.05, 3.63) is 29.8 Å². The van der Waals surface area contributed by atoms with Crippen molar-refractivity contribution in [2.45, 2.75) is 38.5 Å². The molecular weight excluding hydrogens is 310 g/mol. The molecule has 2 aliphatic heterocycles. The molecule has 1 aliphatic carbocycles. The number of hydrogen-bond donors (Lipinski definition) is 0. The molecule has 0 N–H and O–H groups in total. The van der Waals surface area contributed by atoms with Gasteiger partial charge in [0.05, 0.1) is 0 Å². The minimum absolute atomic E-state index is 0.318. The number of hydrogen-bond acceptors (Lipinski definition) is 3. The van der Waals surface area contributed by atoms with Crippen LogP contribution in [0.25, 0.3) is 0 Å². The Labute approximate surface area is 151 Å². The Morgan fingerprint density at radius 1 is 1.12 bits per heavy atom. The third-order valence-electron chi connectivity index (χ3n) is 6.57. The number of anilines is 1. The van der Waals surface area contributed by atoms with Crippen molar-refractivity contribution in [2.75, 3.05) is 50.7 Å². The van der Waals surface area contributed by atoms with Crippen LogP contribution in [0.3, 0.4) is 0 Å². The summed E-state index contributed by atoms with van der Waals surface area (Å²) in [4.78, 5) is 19.1. The summed E-state index contributed by atoms with van der Waals surface area (Å²) in [5.74, 6) is 1.20. The van der Waals surface area contributed by atoms with Crippen molar-refractivity contribution >= 4 is 11.6 Å². The van der Waals surface area contributed by atoms with E-state index in [-0.39, 0.29) is 0 Å². The average Bonchev–Trinajstić information content (AvgIpc) is 3.23. The van der Waals surface area contributed by atoms with E-state index in [1.54, 1.807) is 0 Å². The van der Waals surface area contributed by atoms with Crippen molar-refractivity contribution in [3.63, 3.8) is 0 Å². The van der Waals surface area contributed by atoms with E-state index >= 15 is 0 Å². The molecule has 4 rings (SSSR count). The van der Waals surface area contributed by atoms with Gasteiger partial charge in [0.15, 0.2) is 0 Å². The minimum atomic E-state index is 0.318.